The Hall–Kier alpha value is -1.55. The van der Waals surface area contributed by atoms with Crippen LogP contribution in [0.5, 0.6) is 0 Å². The van der Waals surface area contributed by atoms with Gasteiger partial charge in [0.15, 0.2) is 0 Å². The second-order valence-corrected chi connectivity index (χ2v) is 9.56. The molecule has 3 N–H and O–H groups in total. The van der Waals surface area contributed by atoms with Gasteiger partial charge in [0.2, 0.25) is 15.9 Å². The van der Waals surface area contributed by atoms with E-state index in [1.807, 2.05) is 0 Å². The lowest BCUT2D eigenvalue weighted by atomic mass is 9.96. The molecule has 29 heavy (non-hydrogen) atoms. The molecule has 1 aromatic carbocycles. The van der Waals surface area contributed by atoms with Gasteiger partial charge < -0.3 is 15.2 Å². The normalized spacial score (nSPS) is 25.8. The summed E-state index contributed by atoms with van der Waals surface area (Å²) in [5.74, 6) is -0.392. The van der Waals surface area contributed by atoms with Crippen molar-refractivity contribution in [2.45, 2.75) is 68.1 Å². The fraction of sp³-hybridized carbons (Fsp3) is 0.650. The predicted octanol–water partition coefficient (Wildman–Crippen LogP) is 1.71. The van der Waals surface area contributed by atoms with E-state index in [0.29, 0.717) is 19.3 Å². The van der Waals surface area contributed by atoms with Crippen molar-refractivity contribution in [3.63, 3.8) is 0 Å². The molecule has 1 aliphatic heterocycles. The van der Waals surface area contributed by atoms with Crippen molar-refractivity contribution < 1.29 is 27.4 Å². The Bertz CT molecular complexity index is 781. The number of hydrogen-bond acceptors (Lipinski definition) is 5. The summed E-state index contributed by atoms with van der Waals surface area (Å²) in [6.07, 6.45) is 5.09. The minimum Gasteiger partial charge on any atom is -0.394 e. The molecule has 0 aromatic heterocycles. The van der Waals surface area contributed by atoms with Gasteiger partial charge >= 0.3 is 0 Å². The van der Waals surface area contributed by atoms with E-state index < -0.39 is 21.9 Å². The van der Waals surface area contributed by atoms with Gasteiger partial charge in [-0.05, 0) is 56.4 Å². The monoisotopic (exact) mass is 428 g/mol. The number of carbonyl (C=O) groups excluding carboxylic acids is 1. The molecular weight excluding hydrogens is 399 g/mol. The minimum absolute atomic E-state index is 0.00591. The first-order valence-electron chi connectivity index (χ1n) is 10.2. The summed E-state index contributed by atoms with van der Waals surface area (Å²) < 4.78 is 45.8. The quantitative estimate of drug-likeness (QED) is 0.585. The highest BCUT2D eigenvalue weighted by Crippen LogP contribution is 2.27. The van der Waals surface area contributed by atoms with Crippen LogP contribution >= 0.6 is 0 Å². The number of benzene rings is 1. The first-order chi connectivity index (χ1) is 13.9. The fourth-order valence-corrected chi connectivity index (χ4v) is 5.10. The summed E-state index contributed by atoms with van der Waals surface area (Å²) in [6.45, 7) is -0.0327. The summed E-state index contributed by atoms with van der Waals surface area (Å²) in [5.41, 5.74) is 0. The lowest BCUT2D eigenvalue weighted by Gasteiger charge is -2.36. The molecule has 3 atom stereocenters. The first-order valence-corrected chi connectivity index (χ1v) is 11.7. The van der Waals surface area contributed by atoms with E-state index in [1.54, 1.807) is 0 Å². The van der Waals surface area contributed by atoms with E-state index >= 15 is 0 Å². The molecule has 2 aliphatic rings. The SMILES string of the molecule is O=C(N[C@H]1CC[C@H](CCNS(=O)(=O)c2ccc(F)cc2)O[C@H]1CO)C1CCCC1. The molecule has 0 spiro atoms. The standard InChI is InChI=1S/C20H29FN2O5S/c21-15-5-8-17(9-6-15)29(26,27)22-12-11-16-7-10-18(19(13-24)28-16)23-20(25)14-3-1-2-4-14/h5-6,8-9,14,16,18-19,22,24H,1-4,7,10-13H2,(H,23,25)/t16-,18+,19+/m1/s1. The van der Waals surface area contributed by atoms with Crippen molar-refractivity contribution in [2.75, 3.05) is 13.2 Å². The van der Waals surface area contributed by atoms with E-state index in [2.05, 4.69) is 10.0 Å². The van der Waals surface area contributed by atoms with Gasteiger partial charge in [0.25, 0.3) is 0 Å². The summed E-state index contributed by atoms with van der Waals surface area (Å²) in [4.78, 5) is 12.4. The number of rotatable bonds is 8. The topological polar surface area (TPSA) is 105 Å². The maximum absolute atomic E-state index is 13.0. The van der Waals surface area contributed by atoms with Gasteiger partial charge in [-0.1, -0.05) is 12.8 Å². The van der Waals surface area contributed by atoms with Gasteiger partial charge in [0, 0.05) is 12.5 Å². The second kappa shape index (κ2) is 9.97. The Morgan fingerprint density at radius 2 is 1.83 bits per heavy atom. The van der Waals surface area contributed by atoms with Crippen LogP contribution in [0, 0.1) is 11.7 Å². The number of amides is 1. The fourth-order valence-electron chi connectivity index (χ4n) is 4.05. The molecule has 7 nitrogen and oxygen atoms in total. The van der Waals surface area contributed by atoms with E-state index in [0.717, 1.165) is 37.8 Å². The summed E-state index contributed by atoms with van der Waals surface area (Å²) >= 11 is 0. The van der Waals surface area contributed by atoms with Gasteiger partial charge in [-0.2, -0.15) is 0 Å². The van der Waals surface area contributed by atoms with Crippen molar-refractivity contribution in [3.05, 3.63) is 30.1 Å². The molecule has 9 heteroatoms. The van der Waals surface area contributed by atoms with Crippen LogP contribution in [0.15, 0.2) is 29.2 Å². The lowest BCUT2D eigenvalue weighted by Crippen LogP contribution is -2.52. The average molecular weight is 429 g/mol. The number of halogens is 1. The van der Waals surface area contributed by atoms with Crippen LogP contribution in [0.2, 0.25) is 0 Å². The van der Waals surface area contributed by atoms with Crippen LogP contribution in [-0.2, 0) is 19.6 Å². The van der Waals surface area contributed by atoms with Crippen LogP contribution in [0.1, 0.15) is 44.9 Å². The summed E-state index contributed by atoms with van der Waals surface area (Å²) in [6, 6.07) is 4.41. The number of nitrogens with one attached hydrogen (secondary N) is 2. The second-order valence-electron chi connectivity index (χ2n) is 7.79. The zero-order valence-electron chi connectivity index (χ0n) is 16.3. The van der Waals surface area contributed by atoms with Crippen molar-refractivity contribution in [1.82, 2.24) is 10.0 Å². The largest absolute Gasteiger partial charge is 0.394 e. The van der Waals surface area contributed by atoms with Gasteiger partial charge in [-0.25, -0.2) is 17.5 Å². The highest BCUT2D eigenvalue weighted by molar-refractivity contribution is 7.89. The van der Waals surface area contributed by atoms with Crippen molar-refractivity contribution in [2.24, 2.45) is 5.92 Å². The number of hydrogen-bond donors (Lipinski definition) is 3. The molecule has 0 bridgehead atoms. The number of aliphatic hydroxyl groups excluding tert-OH is 1. The molecular formula is C20H29FN2O5S. The molecule has 162 valence electrons. The zero-order chi connectivity index (χ0) is 20.9. The molecule has 1 saturated carbocycles. The number of sulfonamides is 1. The van der Waals surface area contributed by atoms with Gasteiger partial charge in [-0.15, -0.1) is 0 Å². The smallest absolute Gasteiger partial charge is 0.240 e. The van der Waals surface area contributed by atoms with Crippen molar-refractivity contribution in [1.29, 1.82) is 0 Å². The highest BCUT2D eigenvalue weighted by atomic mass is 32.2. The highest BCUT2D eigenvalue weighted by Gasteiger charge is 2.33. The molecule has 1 aromatic rings. The van der Waals surface area contributed by atoms with Gasteiger partial charge in [0.1, 0.15) is 11.9 Å². The lowest BCUT2D eigenvalue weighted by molar-refractivity contribution is -0.131. The van der Waals surface area contributed by atoms with E-state index in [-0.39, 0.29) is 42.0 Å². The van der Waals surface area contributed by atoms with Crippen LogP contribution in [-0.4, -0.2) is 50.8 Å². The molecule has 3 rings (SSSR count). The minimum atomic E-state index is -3.71. The molecule has 1 amide bonds. The van der Waals surface area contributed by atoms with Crippen LogP contribution in [0.4, 0.5) is 4.39 Å². The third-order valence-electron chi connectivity index (χ3n) is 5.73. The molecule has 1 aliphatic carbocycles. The Labute approximate surface area is 171 Å². The van der Waals surface area contributed by atoms with Crippen LogP contribution in [0.3, 0.4) is 0 Å². The van der Waals surface area contributed by atoms with Crippen molar-refractivity contribution >= 4 is 15.9 Å². The Morgan fingerprint density at radius 3 is 2.48 bits per heavy atom. The van der Waals surface area contributed by atoms with Crippen LogP contribution < -0.4 is 10.0 Å². The Kier molecular flexibility index (Phi) is 7.61. The number of aliphatic hydroxyl groups is 1. The molecule has 0 unspecified atom stereocenters. The predicted molar refractivity (Wildman–Crippen MR) is 105 cm³/mol. The van der Waals surface area contributed by atoms with E-state index in [9.17, 15) is 22.7 Å². The number of carbonyl (C=O) groups is 1. The molecule has 1 saturated heterocycles. The first kappa shape index (κ1) is 22.1. The Balaban J connectivity index is 1.45. The summed E-state index contributed by atoms with van der Waals surface area (Å²) in [7, 11) is -3.71. The maximum Gasteiger partial charge on any atom is 0.240 e. The van der Waals surface area contributed by atoms with Crippen LogP contribution in [0.25, 0.3) is 0 Å². The average Bonchev–Trinajstić information content (AvgIpc) is 3.24. The summed E-state index contributed by atoms with van der Waals surface area (Å²) in [5, 5.41) is 12.7. The zero-order valence-corrected chi connectivity index (χ0v) is 17.2. The number of ether oxygens (including phenoxy) is 1. The van der Waals surface area contributed by atoms with E-state index in [4.69, 9.17) is 4.74 Å². The molecule has 1 heterocycles. The third-order valence-corrected chi connectivity index (χ3v) is 7.21. The Morgan fingerprint density at radius 1 is 1.14 bits per heavy atom. The van der Waals surface area contributed by atoms with Crippen molar-refractivity contribution in [3.8, 4) is 0 Å². The molecule has 2 fully saturated rings. The maximum atomic E-state index is 13.0. The van der Waals surface area contributed by atoms with Gasteiger partial charge in [-0.3, -0.25) is 4.79 Å². The molecule has 0 radical (unpaired) electrons. The van der Waals surface area contributed by atoms with Gasteiger partial charge in [0.05, 0.1) is 23.6 Å². The van der Waals surface area contributed by atoms with E-state index in [1.165, 1.54) is 12.1 Å². The third kappa shape index (κ3) is 5.97.